The van der Waals surface area contributed by atoms with E-state index in [4.69, 9.17) is 4.74 Å². The highest BCUT2D eigenvalue weighted by Gasteiger charge is 2.27. The maximum absolute atomic E-state index is 12.2. The Morgan fingerprint density at radius 2 is 1.64 bits per heavy atom. The van der Waals surface area contributed by atoms with Gasteiger partial charge in [-0.25, -0.2) is 4.79 Å². The SMILES string of the molecule is CC.CC.Cc1cn(C)c2cc(C3CCN(C(=O)OC(C)(C)C)CC3)ccc12. The lowest BCUT2D eigenvalue weighted by Gasteiger charge is -2.33. The van der Waals surface area contributed by atoms with Crippen LogP contribution >= 0.6 is 0 Å². The van der Waals surface area contributed by atoms with Crippen molar-refractivity contribution < 1.29 is 9.53 Å². The van der Waals surface area contributed by atoms with E-state index in [1.54, 1.807) is 0 Å². The number of ether oxygens (including phenoxy) is 1. The maximum Gasteiger partial charge on any atom is 0.410 e. The highest BCUT2D eigenvalue weighted by Crippen LogP contribution is 2.31. The van der Waals surface area contributed by atoms with Crippen LogP contribution in [0.15, 0.2) is 24.4 Å². The van der Waals surface area contributed by atoms with E-state index < -0.39 is 5.60 Å². The first-order valence-corrected chi connectivity index (χ1v) is 10.8. The molecule has 2 heterocycles. The molecule has 0 aliphatic carbocycles. The van der Waals surface area contributed by atoms with Crippen molar-refractivity contribution in [3.8, 4) is 0 Å². The molecule has 28 heavy (non-hydrogen) atoms. The van der Waals surface area contributed by atoms with Crippen molar-refractivity contribution in [3.05, 3.63) is 35.5 Å². The average Bonchev–Trinajstić information content (AvgIpc) is 2.97. The summed E-state index contributed by atoms with van der Waals surface area (Å²) in [5.74, 6) is 0.517. The van der Waals surface area contributed by atoms with E-state index in [1.807, 2.05) is 53.4 Å². The fourth-order valence-electron chi connectivity index (χ4n) is 3.58. The fraction of sp³-hybridized carbons (Fsp3) is 0.625. The topological polar surface area (TPSA) is 34.5 Å². The number of carbonyl (C=O) groups excluding carboxylic acids is 1. The molecule has 1 amide bonds. The van der Waals surface area contributed by atoms with Gasteiger partial charge in [-0.1, -0.05) is 39.8 Å². The van der Waals surface area contributed by atoms with Gasteiger partial charge in [-0.2, -0.15) is 0 Å². The van der Waals surface area contributed by atoms with E-state index in [0.717, 1.165) is 25.9 Å². The van der Waals surface area contributed by atoms with Crippen molar-refractivity contribution in [1.82, 2.24) is 9.47 Å². The summed E-state index contributed by atoms with van der Waals surface area (Å²) >= 11 is 0. The predicted octanol–water partition coefficient (Wildman–Crippen LogP) is 6.65. The van der Waals surface area contributed by atoms with E-state index in [1.165, 1.54) is 22.0 Å². The number of rotatable bonds is 1. The Hall–Kier alpha value is -1.97. The summed E-state index contributed by atoms with van der Waals surface area (Å²) in [4.78, 5) is 14.0. The van der Waals surface area contributed by atoms with Crippen molar-refractivity contribution in [2.24, 2.45) is 7.05 Å². The third-order valence-electron chi connectivity index (χ3n) is 4.83. The molecule has 4 heteroatoms. The zero-order valence-electron chi connectivity index (χ0n) is 19.4. The average molecular weight is 389 g/mol. The molecule has 0 N–H and O–H groups in total. The van der Waals surface area contributed by atoms with Crippen LogP contribution in [0.5, 0.6) is 0 Å². The molecule has 4 nitrogen and oxygen atoms in total. The number of nitrogens with zero attached hydrogens (tertiary/aromatic N) is 2. The van der Waals surface area contributed by atoms with Crippen LogP contribution in [-0.2, 0) is 11.8 Å². The first-order valence-electron chi connectivity index (χ1n) is 10.8. The zero-order valence-corrected chi connectivity index (χ0v) is 19.4. The summed E-state index contributed by atoms with van der Waals surface area (Å²) in [6.45, 7) is 17.4. The second-order valence-corrected chi connectivity index (χ2v) is 7.94. The molecule has 158 valence electrons. The van der Waals surface area contributed by atoms with Crippen LogP contribution in [0.3, 0.4) is 0 Å². The number of carbonyl (C=O) groups is 1. The van der Waals surface area contributed by atoms with Crippen LogP contribution < -0.4 is 0 Å². The van der Waals surface area contributed by atoms with E-state index in [-0.39, 0.29) is 6.09 Å². The molecular weight excluding hydrogens is 348 g/mol. The van der Waals surface area contributed by atoms with Crippen LogP contribution in [-0.4, -0.2) is 34.3 Å². The largest absolute Gasteiger partial charge is 0.444 e. The Bertz CT molecular complexity index is 748. The molecule has 0 saturated carbocycles. The Morgan fingerprint density at radius 3 is 2.18 bits per heavy atom. The second kappa shape index (κ2) is 10.5. The van der Waals surface area contributed by atoms with Gasteiger partial charge in [-0.05, 0) is 63.6 Å². The van der Waals surface area contributed by atoms with Gasteiger partial charge in [0.15, 0.2) is 0 Å². The van der Waals surface area contributed by atoms with Crippen LogP contribution in [0.25, 0.3) is 10.9 Å². The highest BCUT2D eigenvalue weighted by atomic mass is 16.6. The molecule has 1 aromatic heterocycles. The van der Waals surface area contributed by atoms with Gasteiger partial charge in [0.1, 0.15) is 5.60 Å². The highest BCUT2D eigenvalue weighted by molar-refractivity contribution is 5.84. The maximum atomic E-state index is 12.2. The Kier molecular flexibility index (Phi) is 9.06. The van der Waals surface area contributed by atoms with Gasteiger partial charge in [-0.3, -0.25) is 0 Å². The molecule has 1 aliphatic rings. The molecule has 0 radical (unpaired) electrons. The first kappa shape index (κ1) is 24.1. The fourth-order valence-corrected chi connectivity index (χ4v) is 3.58. The second-order valence-electron chi connectivity index (χ2n) is 7.94. The molecule has 1 aromatic carbocycles. The molecule has 0 unspecified atom stereocenters. The molecule has 0 spiro atoms. The summed E-state index contributed by atoms with van der Waals surface area (Å²) < 4.78 is 7.68. The summed E-state index contributed by atoms with van der Waals surface area (Å²) in [6.07, 6.45) is 3.98. The number of aryl methyl sites for hydroxylation is 2. The van der Waals surface area contributed by atoms with Gasteiger partial charge in [0.2, 0.25) is 0 Å². The van der Waals surface area contributed by atoms with Gasteiger partial charge in [-0.15, -0.1) is 0 Å². The number of likely N-dealkylation sites (tertiary alicyclic amines) is 1. The molecule has 2 aromatic rings. The quantitative estimate of drug-likeness (QED) is 0.548. The molecule has 1 saturated heterocycles. The minimum Gasteiger partial charge on any atom is -0.444 e. The molecule has 1 aliphatic heterocycles. The van der Waals surface area contributed by atoms with Crippen molar-refractivity contribution >= 4 is 17.0 Å². The van der Waals surface area contributed by atoms with E-state index in [0.29, 0.717) is 5.92 Å². The number of hydrogen-bond acceptors (Lipinski definition) is 2. The van der Waals surface area contributed by atoms with Crippen LogP contribution in [0.4, 0.5) is 4.79 Å². The van der Waals surface area contributed by atoms with Gasteiger partial charge in [0.05, 0.1) is 0 Å². The van der Waals surface area contributed by atoms with Gasteiger partial charge < -0.3 is 14.2 Å². The van der Waals surface area contributed by atoms with E-state index in [2.05, 4.69) is 42.9 Å². The number of aromatic nitrogens is 1. The molecule has 0 bridgehead atoms. The Morgan fingerprint density at radius 1 is 1.07 bits per heavy atom. The molecule has 0 atom stereocenters. The first-order chi connectivity index (χ1) is 13.2. The van der Waals surface area contributed by atoms with E-state index in [9.17, 15) is 4.79 Å². The van der Waals surface area contributed by atoms with Crippen molar-refractivity contribution in [1.29, 1.82) is 0 Å². The van der Waals surface area contributed by atoms with Gasteiger partial charge >= 0.3 is 6.09 Å². The molecular formula is C24H40N2O2. The minimum absolute atomic E-state index is 0.186. The standard InChI is InChI=1S/C20H28N2O2.2C2H6/c1-14-13-21(5)18-12-16(6-7-17(14)18)15-8-10-22(11-9-15)19(23)24-20(2,3)4;2*1-2/h6-7,12-13,15H,8-11H2,1-5H3;2*1-2H3. The Labute approximate surface area is 171 Å². The summed E-state index contributed by atoms with van der Waals surface area (Å²) in [6, 6.07) is 6.81. The lowest BCUT2D eigenvalue weighted by molar-refractivity contribution is 0.0205. The molecule has 1 fully saturated rings. The number of hydrogen-bond donors (Lipinski definition) is 0. The van der Waals surface area contributed by atoms with Crippen LogP contribution in [0.2, 0.25) is 0 Å². The number of piperidine rings is 1. The normalized spacial score (nSPS) is 14.7. The van der Waals surface area contributed by atoms with Crippen LogP contribution in [0.1, 0.15) is 78.4 Å². The Balaban J connectivity index is 0.000000921. The number of benzene rings is 1. The third kappa shape index (κ3) is 6.02. The van der Waals surface area contributed by atoms with Crippen LogP contribution in [0, 0.1) is 6.92 Å². The smallest absolute Gasteiger partial charge is 0.410 e. The lowest BCUT2D eigenvalue weighted by Crippen LogP contribution is -2.41. The number of amides is 1. The summed E-state index contributed by atoms with van der Waals surface area (Å²) in [5.41, 5.74) is 3.56. The van der Waals surface area contributed by atoms with Crippen molar-refractivity contribution in [3.63, 3.8) is 0 Å². The van der Waals surface area contributed by atoms with Gasteiger partial charge in [0.25, 0.3) is 0 Å². The number of fused-ring (bicyclic) bond motifs is 1. The molecule has 3 rings (SSSR count). The predicted molar refractivity (Wildman–Crippen MR) is 120 cm³/mol. The lowest BCUT2D eigenvalue weighted by atomic mass is 9.89. The monoisotopic (exact) mass is 388 g/mol. The van der Waals surface area contributed by atoms with Crippen molar-refractivity contribution in [2.45, 2.75) is 79.8 Å². The summed E-state index contributed by atoms with van der Waals surface area (Å²) in [7, 11) is 2.10. The minimum atomic E-state index is -0.427. The third-order valence-corrected chi connectivity index (χ3v) is 4.83. The van der Waals surface area contributed by atoms with Crippen molar-refractivity contribution in [2.75, 3.05) is 13.1 Å². The summed E-state index contributed by atoms with van der Waals surface area (Å²) in [5, 5.41) is 1.33. The van der Waals surface area contributed by atoms with Gasteiger partial charge in [0, 0.05) is 37.2 Å². The van der Waals surface area contributed by atoms with E-state index >= 15 is 0 Å². The zero-order chi connectivity index (χ0) is 21.5.